The molecule has 0 aliphatic heterocycles. The fourth-order valence-corrected chi connectivity index (χ4v) is 2.48. The highest BCUT2D eigenvalue weighted by Crippen LogP contribution is 2.22. The molecule has 110 valence electrons. The SMILES string of the molecule is CCN(Cc1cccc(F)c1)C(=O)c1cc(N)ccc1Br. The van der Waals surface area contributed by atoms with Gasteiger partial charge < -0.3 is 10.6 Å². The molecule has 0 heterocycles. The van der Waals surface area contributed by atoms with Crippen LogP contribution in [0.4, 0.5) is 10.1 Å². The van der Waals surface area contributed by atoms with Crippen LogP contribution < -0.4 is 5.73 Å². The predicted molar refractivity (Wildman–Crippen MR) is 85.4 cm³/mol. The van der Waals surface area contributed by atoms with Gasteiger partial charge in [0.1, 0.15) is 5.82 Å². The fourth-order valence-electron chi connectivity index (χ4n) is 2.06. The molecule has 0 saturated heterocycles. The van der Waals surface area contributed by atoms with Gasteiger partial charge in [-0.15, -0.1) is 0 Å². The fraction of sp³-hybridized carbons (Fsp3) is 0.188. The minimum atomic E-state index is -0.305. The Hall–Kier alpha value is -1.88. The summed E-state index contributed by atoms with van der Waals surface area (Å²) in [5.74, 6) is -0.443. The molecule has 0 spiro atoms. The third-order valence-electron chi connectivity index (χ3n) is 3.15. The number of benzene rings is 2. The number of nitrogens with two attached hydrogens (primary N) is 1. The summed E-state index contributed by atoms with van der Waals surface area (Å²) in [6.07, 6.45) is 0. The van der Waals surface area contributed by atoms with Gasteiger partial charge >= 0.3 is 0 Å². The lowest BCUT2D eigenvalue weighted by molar-refractivity contribution is 0.0751. The van der Waals surface area contributed by atoms with E-state index < -0.39 is 0 Å². The Labute approximate surface area is 131 Å². The highest BCUT2D eigenvalue weighted by Gasteiger charge is 2.17. The Morgan fingerprint density at radius 1 is 1.29 bits per heavy atom. The second kappa shape index (κ2) is 6.72. The van der Waals surface area contributed by atoms with Crippen LogP contribution in [0.15, 0.2) is 46.9 Å². The first-order chi connectivity index (χ1) is 10.0. The molecule has 0 radical (unpaired) electrons. The molecule has 2 aromatic rings. The first-order valence-electron chi connectivity index (χ1n) is 6.60. The van der Waals surface area contributed by atoms with Crippen molar-refractivity contribution < 1.29 is 9.18 Å². The average Bonchev–Trinajstić information content (AvgIpc) is 2.46. The number of anilines is 1. The second-order valence-corrected chi connectivity index (χ2v) is 5.54. The van der Waals surface area contributed by atoms with Gasteiger partial charge in [0.25, 0.3) is 5.91 Å². The number of nitrogen functional groups attached to an aromatic ring is 1. The third-order valence-corrected chi connectivity index (χ3v) is 3.84. The van der Waals surface area contributed by atoms with Crippen LogP contribution in [0.3, 0.4) is 0 Å². The molecule has 2 rings (SSSR count). The molecule has 5 heteroatoms. The van der Waals surface area contributed by atoms with Crippen molar-refractivity contribution in [1.29, 1.82) is 0 Å². The third kappa shape index (κ3) is 3.82. The summed E-state index contributed by atoms with van der Waals surface area (Å²) >= 11 is 3.36. The van der Waals surface area contributed by atoms with E-state index in [2.05, 4.69) is 15.9 Å². The van der Waals surface area contributed by atoms with Crippen molar-refractivity contribution in [1.82, 2.24) is 4.90 Å². The molecule has 0 aliphatic carbocycles. The molecule has 1 amide bonds. The number of hydrogen-bond donors (Lipinski definition) is 1. The Kier molecular flexibility index (Phi) is 4.96. The molecule has 0 saturated carbocycles. The van der Waals surface area contributed by atoms with Crippen LogP contribution in [0.2, 0.25) is 0 Å². The van der Waals surface area contributed by atoms with Crippen molar-refractivity contribution in [2.24, 2.45) is 0 Å². The quantitative estimate of drug-likeness (QED) is 0.851. The first-order valence-corrected chi connectivity index (χ1v) is 7.39. The Balaban J connectivity index is 2.24. The lowest BCUT2D eigenvalue weighted by Gasteiger charge is -2.22. The minimum Gasteiger partial charge on any atom is -0.399 e. The number of carbonyl (C=O) groups is 1. The molecule has 0 aliphatic rings. The van der Waals surface area contributed by atoms with Gasteiger partial charge in [-0.05, 0) is 58.7 Å². The van der Waals surface area contributed by atoms with Crippen molar-refractivity contribution >= 4 is 27.5 Å². The van der Waals surface area contributed by atoms with Crippen molar-refractivity contribution in [3.63, 3.8) is 0 Å². The number of rotatable bonds is 4. The lowest BCUT2D eigenvalue weighted by atomic mass is 10.1. The number of carbonyl (C=O) groups excluding carboxylic acids is 1. The van der Waals surface area contributed by atoms with E-state index in [1.54, 1.807) is 35.2 Å². The van der Waals surface area contributed by atoms with Crippen LogP contribution in [0.25, 0.3) is 0 Å². The predicted octanol–water partition coefficient (Wildman–Crippen LogP) is 3.83. The van der Waals surface area contributed by atoms with Gasteiger partial charge in [-0.3, -0.25) is 4.79 Å². The molecule has 0 atom stereocenters. The van der Waals surface area contributed by atoms with E-state index in [1.165, 1.54) is 12.1 Å². The summed E-state index contributed by atoms with van der Waals surface area (Å²) in [5.41, 5.74) is 7.53. The summed E-state index contributed by atoms with van der Waals surface area (Å²) in [5, 5.41) is 0. The summed E-state index contributed by atoms with van der Waals surface area (Å²) in [4.78, 5) is 14.2. The maximum atomic E-state index is 13.2. The highest BCUT2D eigenvalue weighted by molar-refractivity contribution is 9.10. The number of hydrogen-bond acceptors (Lipinski definition) is 2. The van der Waals surface area contributed by atoms with Gasteiger partial charge in [-0.2, -0.15) is 0 Å². The highest BCUT2D eigenvalue weighted by atomic mass is 79.9. The maximum Gasteiger partial charge on any atom is 0.255 e. The normalized spacial score (nSPS) is 10.4. The summed E-state index contributed by atoms with van der Waals surface area (Å²) in [6.45, 7) is 2.77. The summed E-state index contributed by atoms with van der Waals surface area (Å²) in [7, 11) is 0. The zero-order chi connectivity index (χ0) is 15.4. The summed E-state index contributed by atoms with van der Waals surface area (Å²) < 4.78 is 13.9. The van der Waals surface area contributed by atoms with Gasteiger partial charge in [0.15, 0.2) is 0 Å². The Morgan fingerprint density at radius 3 is 2.71 bits per heavy atom. The first kappa shape index (κ1) is 15.5. The second-order valence-electron chi connectivity index (χ2n) is 4.69. The van der Waals surface area contributed by atoms with Gasteiger partial charge in [-0.25, -0.2) is 4.39 Å². The van der Waals surface area contributed by atoms with E-state index in [9.17, 15) is 9.18 Å². The zero-order valence-electron chi connectivity index (χ0n) is 11.6. The molecular formula is C16H16BrFN2O. The standard InChI is InChI=1S/C16H16BrFN2O/c1-2-20(10-11-4-3-5-12(18)8-11)16(21)14-9-13(19)6-7-15(14)17/h3-9H,2,10,19H2,1H3. The van der Waals surface area contributed by atoms with E-state index in [4.69, 9.17) is 5.73 Å². The van der Waals surface area contributed by atoms with Crippen molar-refractivity contribution in [2.75, 3.05) is 12.3 Å². The molecule has 21 heavy (non-hydrogen) atoms. The molecule has 2 aromatic carbocycles. The number of nitrogens with zero attached hydrogens (tertiary/aromatic N) is 1. The van der Waals surface area contributed by atoms with Crippen LogP contribution in [-0.2, 0) is 6.54 Å². The van der Waals surface area contributed by atoms with Crippen LogP contribution in [-0.4, -0.2) is 17.4 Å². The van der Waals surface area contributed by atoms with Crippen LogP contribution in [0.5, 0.6) is 0 Å². The Bertz CT molecular complexity index is 660. The molecule has 0 bridgehead atoms. The maximum absolute atomic E-state index is 13.2. The molecule has 0 unspecified atom stereocenters. The minimum absolute atomic E-state index is 0.138. The van der Waals surface area contributed by atoms with E-state index in [0.717, 1.165) is 5.56 Å². The van der Waals surface area contributed by atoms with E-state index in [1.807, 2.05) is 6.92 Å². The van der Waals surface area contributed by atoms with Crippen molar-refractivity contribution in [3.05, 3.63) is 63.9 Å². The van der Waals surface area contributed by atoms with E-state index >= 15 is 0 Å². The van der Waals surface area contributed by atoms with E-state index in [0.29, 0.717) is 28.8 Å². The van der Waals surface area contributed by atoms with Gasteiger partial charge in [0, 0.05) is 23.2 Å². The van der Waals surface area contributed by atoms with Gasteiger partial charge in [0.05, 0.1) is 5.56 Å². The van der Waals surface area contributed by atoms with Crippen LogP contribution >= 0.6 is 15.9 Å². The molecule has 0 fully saturated rings. The van der Waals surface area contributed by atoms with Gasteiger partial charge in [0.2, 0.25) is 0 Å². The summed E-state index contributed by atoms with van der Waals surface area (Å²) in [6, 6.07) is 11.4. The zero-order valence-corrected chi connectivity index (χ0v) is 13.2. The van der Waals surface area contributed by atoms with Crippen LogP contribution in [0, 0.1) is 5.82 Å². The lowest BCUT2D eigenvalue weighted by Crippen LogP contribution is -2.30. The van der Waals surface area contributed by atoms with E-state index in [-0.39, 0.29) is 11.7 Å². The number of halogens is 2. The Morgan fingerprint density at radius 2 is 2.05 bits per heavy atom. The van der Waals surface area contributed by atoms with Gasteiger partial charge in [-0.1, -0.05) is 12.1 Å². The smallest absolute Gasteiger partial charge is 0.255 e. The topological polar surface area (TPSA) is 46.3 Å². The van der Waals surface area contributed by atoms with Crippen LogP contribution in [0.1, 0.15) is 22.8 Å². The number of amides is 1. The monoisotopic (exact) mass is 350 g/mol. The molecular weight excluding hydrogens is 335 g/mol. The van der Waals surface area contributed by atoms with Crippen molar-refractivity contribution in [3.8, 4) is 0 Å². The molecule has 3 nitrogen and oxygen atoms in total. The molecule has 0 aromatic heterocycles. The largest absolute Gasteiger partial charge is 0.399 e. The molecule has 2 N–H and O–H groups in total. The van der Waals surface area contributed by atoms with Crippen molar-refractivity contribution in [2.45, 2.75) is 13.5 Å². The average molecular weight is 351 g/mol.